The molecule has 156 valence electrons. The van der Waals surface area contributed by atoms with E-state index in [0.717, 1.165) is 49.7 Å². The third kappa shape index (κ3) is 5.90. The summed E-state index contributed by atoms with van der Waals surface area (Å²) < 4.78 is 13.8. The number of nitrogens with zero attached hydrogens (tertiary/aromatic N) is 4. The number of pyridine rings is 1. The fourth-order valence-corrected chi connectivity index (χ4v) is 3.30. The molecule has 1 aromatic carbocycles. The Morgan fingerprint density at radius 1 is 1.17 bits per heavy atom. The second kappa shape index (κ2) is 10.2. The van der Waals surface area contributed by atoms with Crippen LogP contribution in [0.1, 0.15) is 23.6 Å². The highest BCUT2D eigenvalue weighted by Crippen LogP contribution is 2.18. The number of benzene rings is 1. The summed E-state index contributed by atoms with van der Waals surface area (Å²) >= 11 is 0. The van der Waals surface area contributed by atoms with Crippen molar-refractivity contribution in [2.24, 2.45) is 4.99 Å². The third-order valence-electron chi connectivity index (χ3n) is 5.12. The quantitative estimate of drug-likeness (QED) is 0.579. The molecule has 0 radical (unpaired) electrons. The van der Waals surface area contributed by atoms with Crippen LogP contribution in [0.25, 0.3) is 0 Å². The standard InChI is InChI=1S/C22H31FN6/c1-4-24-22(26-15-18-8-7-17(2)20(23)14-18)27-16-19-6-5-9-25-21(19)29-12-10-28(3)11-13-29/h5-9,14H,4,10-13,15-16H2,1-3H3,(H2,24,26,27). The molecular formula is C22H31FN6. The molecule has 0 aliphatic carbocycles. The zero-order valence-electron chi connectivity index (χ0n) is 17.6. The summed E-state index contributed by atoms with van der Waals surface area (Å²) in [6.45, 7) is 9.64. The van der Waals surface area contributed by atoms with Crippen LogP contribution in [0.4, 0.5) is 10.2 Å². The van der Waals surface area contributed by atoms with Crippen LogP contribution in [0.5, 0.6) is 0 Å². The fraction of sp³-hybridized carbons (Fsp3) is 0.455. The van der Waals surface area contributed by atoms with Gasteiger partial charge in [-0.2, -0.15) is 0 Å². The average molecular weight is 399 g/mol. The number of hydrogen-bond acceptors (Lipinski definition) is 4. The molecule has 7 heteroatoms. The highest BCUT2D eigenvalue weighted by atomic mass is 19.1. The molecule has 1 aliphatic heterocycles. The van der Waals surface area contributed by atoms with E-state index in [0.29, 0.717) is 24.6 Å². The first-order chi connectivity index (χ1) is 14.1. The minimum absolute atomic E-state index is 0.192. The lowest BCUT2D eigenvalue weighted by atomic mass is 10.1. The number of anilines is 1. The number of hydrogen-bond donors (Lipinski definition) is 2. The molecule has 2 aromatic rings. The minimum atomic E-state index is -0.192. The number of guanidine groups is 1. The third-order valence-corrected chi connectivity index (χ3v) is 5.12. The predicted octanol–water partition coefficient (Wildman–Crippen LogP) is 2.54. The van der Waals surface area contributed by atoms with Crippen molar-refractivity contribution in [1.82, 2.24) is 20.5 Å². The van der Waals surface area contributed by atoms with Crippen molar-refractivity contribution in [2.45, 2.75) is 26.9 Å². The van der Waals surface area contributed by atoms with Crippen LogP contribution in [0, 0.1) is 12.7 Å². The van der Waals surface area contributed by atoms with Crippen molar-refractivity contribution in [3.05, 3.63) is 59.0 Å². The smallest absolute Gasteiger partial charge is 0.191 e. The number of rotatable bonds is 6. The van der Waals surface area contributed by atoms with Crippen LogP contribution in [0.3, 0.4) is 0 Å². The molecule has 6 nitrogen and oxygen atoms in total. The van der Waals surface area contributed by atoms with E-state index >= 15 is 0 Å². The molecule has 2 N–H and O–H groups in total. The molecule has 0 unspecified atom stereocenters. The summed E-state index contributed by atoms with van der Waals surface area (Å²) in [5.74, 6) is 1.55. The highest BCUT2D eigenvalue weighted by molar-refractivity contribution is 5.79. The molecule has 1 aromatic heterocycles. The van der Waals surface area contributed by atoms with Gasteiger partial charge in [-0.15, -0.1) is 0 Å². The molecule has 1 fully saturated rings. The van der Waals surface area contributed by atoms with Gasteiger partial charge in [0.15, 0.2) is 5.96 Å². The maximum atomic E-state index is 13.8. The number of aliphatic imine (C=N–C) groups is 1. The van der Waals surface area contributed by atoms with Crippen LogP contribution < -0.4 is 15.5 Å². The number of likely N-dealkylation sites (N-methyl/N-ethyl adjacent to an activating group) is 1. The summed E-state index contributed by atoms with van der Waals surface area (Å²) in [6, 6.07) is 9.33. The Hall–Kier alpha value is -2.67. The predicted molar refractivity (Wildman–Crippen MR) is 117 cm³/mol. The van der Waals surface area contributed by atoms with E-state index in [-0.39, 0.29) is 5.82 Å². The van der Waals surface area contributed by atoms with E-state index in [2.05, 4.69) is 43.5 Å². The van der Waals surface area contributed by atoms with Gasteiger partial charge in [0.2, 0.25) is 0 Å². The zero-order valence-corrected chi connectivity index (χ0v) is 17.6. The van der Waals surface area contributed by atoms with E-state index in [1.807, 2.05) is 25.3 Å². The number of halogens is 1. The lowest BCUT2D eigenvalue weighted by Crippen LogP contribution is -2.45. The largest absolute Gasteiger partial charge is 0.357 e. The lowest BCUT2D eigenvalue weighted by Gasteiger charge is -2.34. The maximum absolute atomic E-state index is 13.8. The van der Waals surface area contributed by atoms with Crippen LogP contribution in [-0.4, -0.2) is 55.6 Å². The summed E-state index contributed by atoms with van der Waals surface area (Å²) in [5, 5.41) is 6.65. The van der Waals surface area contributed by atoms with Gasteiger partial charge in [-0.25, -0.2) is 14.4 Å². The highest BCUT2D eigenvalue weighted by Gasteiger charge is 2.18. The van der Waals surface area contributed by atoms with Crippen molar-refractivity contribution >= 4 is 11.8 Å². The molecule has 1 saturated heterocycles. The molecule has 0 atom stereocenters. The normalized spacial score (nSPS) is 15.4. The van der Waals surface area contributed by atoms with Gasteiger partial charge >= 0.3 is 0 Å². The van der Waals surface area contributed by atoms with Crippen molar-refractivity contribution in [1.29, 1.82) is 0 Å². The zero-order chi connectivity index (χ0) is 20.6. The number of aryl methyl sites for hydroxylation is 1. The average Bonchev–Trinajstić information content (AvgIpc) is 2.73. The topological polar surface area (TPSA) is 55.8 Å². The molecule has 0 saturated carbocycles. The van der Waals surface area contributed by atoms with Gasteiger partial charge in [-0.1, -0.05) is 18.2 Å². The molecule has 0 bridgehead atoms. The van der Waals surface area contributed by atoms with E-state index in [9.17, 15) is 4.39 Å². The van der Waals surface area contributed by atoms with Crippen molar-refractivity contribution in [3.63, 3.8) is 0 Å². The van der Waals surface area contributed by atoms with E-state index < -0.39 is 0 Å². The van der Waals surface area contributed by atoms with Gasteiger partial charge < -0.3 is 20.4 Å². The Balaban J connectivity index is 1.66. The number of piperazine rings is 1. The van der Waals surface area contributed by atoms with Crippen molar-refractivity contribution < 1.29 is 4.39 Å². The molecular weight excluding hydrogens is 367 g/mol. The Morgan fingerprint density at radius 3 is 2.69 bits per heavy atom. The number of aromatic nitrogens is 1. The summed E-state index contributed by atoms with van der Waals surface area (Å²) in [4.78, 5) is 13.9. The Bertz CT molecular complexity index is 830. The van der Waals surface area contributed by atoms with E-state index in [4.69, 9.17) is 0 Å². The molecule has 3 rings (SSSR count). The molecule has 0 spiro atoms. The summed E-state index contributed by atoms with van der Waals surface area (Å²) in [5.41, 5.74) is 2.64. The lowest BCUT2D eigenvalue weighted by molar-refractivity contribution is 0.312. The first-order valence-corrected chi connectivity index (χ1v) is 10.2. The Labute approximate surface area is 172 Å². The van der Waals surface area contributed by atoms with Gasteiger partial charge in [0, 0.05) is 51.0 Å². The maximum Gasteiger partial charge on any atom is 0.191 e. The van der Waals surface area contributed by atoms with Gasteiger partial charge in [0.05, 0.1) is 6.54 Å². The first kappa shape index (κ1) is 21.0. The van der Waals surface area contributed by atoms with Gasteiger partial charge in [0.1, 0.15) is 11.6 Å². The first-order valence-electron chi connectivity index (χ1n) is 10.2. The van der Waals surface area contributed by atoms with Crippen LogP contribution >= 0.6 is 0 Å². The Kier molecular flexibility index (Phi) is 7.41. The van der Waals surface area contributed by atoms with Gasteiger partial charge in [0.25, 0.3) is 0 Å². The van der Waals surface area contributed by atoms with Crippen molar-refractivity contribution in [2.75, 3.05) is 44.7 Å². The van der Waals surface area contributed by atoms with E-state index in [1.54, 1.807) is 19.1 Å². The molecule has 1 aliphatic rings. The second-order valence-corrected chi connectivity index (χ2v) is 7.41. The molecule has 2 heterocycles. The Morgan fingerprint density at radius 2 is 1.97 bits per heavy atom. The fourth-order valence-electron chi connectivity index (χ4n) is 3.30. The van der Waals surface area contributed by atoms with Gasteiger partial charge in [-0.3, -0.25) is 0 Å². The monoisotopic (exact) mass is 398 g/mol. The molecule has 0 amide bonds. The van der Waals surface area contributed by atoms with Crippen LogP contribution in [-0.2, 0) is 13.1 Å². The van der Waals surface area contributed by atoms with Crippen LogP contribution in [0.15, 0.2) is 41.5 Å². The van der Waals surface area contributed by atoms with Crippen LogP contribution in [0.2, 0.25) is 0 Å². The number of nitrogens with one attached hydrogen (secondary N) is 2. The van der Waals surface area contributed by atoms with E-state index in [1.165, 1.54) is 0 Å². The summed E-state index contributed by atoms with van der Waals surface area (Å²) in [6.07, 6.45) is 1.85. The van der Waals surface area contributed by atoms with Gasteiger partial charge in [-0.05, 0) is 44.2 Å². The molecule has 29 heavy (non-hydrogen) atoms. The minimum Gasteiger partial charge on any atom is -0.357 e. The van der Waals surface area contributed by atoms with Crippen molar-refractivity contribution in [3.8, 4) is 0 Å². The second-order valence-electron chi connectivity index (χ2n) is 7.41. The SMILES string of the molecule is CCNC(=NCc1ccc(C)c(F)c1)NCc1cccnc1N1CCN(C)CC1. The summed E-state index contributed by atoms with van der Waals surface area (Å²) in [7, 11) is 2.15.